The molecule has 1 saturated carbocycles. The van der Waals surface area contributed by atoms with E-state index in [1.807, 2.05) is 18.2 Å². The third kappa shape index (κ3) is 4.33. The van der Waals surface area contributed by atoms with Crippen LogP contribution in [0.1, 0.15) is 42.7 Å². The van der Waals surface area contributed by atoms with Gasteiger partial charge in [0.15, 0.2) is 10.4 Å². The fourth-order valence-corrected chi connectivity index (χ4v) is 4.34. The number of benzene rings is 1. The van der Waals surface area contributed by atoms with Crippen molar-refractivity contribution in [3.63, 3.8) is 0 Å². The lowest BCUT2D eigenvalue weighted by Gasteiger charge is -2.38. The van der Waals surface area contributed by atoms with Crippen LogP contribution in [0.25, 0.3) is 0 Å². The number of hydrogen-bond donors (Lipinski definition) is 2. The Hall–Kier alpha value is -1.50. The van der Waals surface area contributed by atoms with Gasteiger partial charge >= 0.3 is 0 Å². The molecule has 1 aromatic carbocycles. The van der Waals surface area contributed by atoms with Gasteiger partial charge in [0.05, 0.1) is 16.4 Å². The highest BCUT2D eigenvalue weighted by atomic mass is 79.9. The minimum atomic E-state index is -0.286. The second-order valence-electron chi connectivity index (χ2n) is 7.25. The van der Waals surface area contributed by atoms with Crippen molar-refractivity contribution in [2.75, 3.05) is 23.3 Å². The number of nitrogens with one attached hydrogen (secondary N) is 2. The summed E-state index contributed by atoms with van der Waals surface area (Å²) in [6.07, 6.45) is 6.14. The zero-order chi connectivity index (χ0) is 18.8. The van der Waals surface area contributed by atoms with E-state index in [4.69, 9.17) is 16.0 Å². The van der Waals surface area contributed by atoms with Gasteiger partial charge in [-0.25, -0.2) is 0 Å². The van der Waals surface area contributed by atoms with E-state index in [2.05, 4.69) is 31.5 Å². The van der Waals surface area contributed by atoms with Crippen LogP contribution in [0.2, 0.25) is 5.02 Å². The number of hydrogen-bond acceptors (Lipinski definition) is 4. The number of amides is 1. The van der Waals surface area contributed by atoms with Crippen molar-refractivity contribution in [2.45, 2.75) is 44.2 Å². The molecule has 0 bridgehead atoms. The van der Waals surface area contributed by atoms with Gasteiger partial charge in [-0.3, -0.25) is 4.79 Å². The maximum Gasteiger partial charge on any atom is 0.291 e. The summed E-state index contributed by atoms with van der Waals surface area (Å²) in [7, 11) is 0. The fourth-order valence-electron chi connectivity index (χ4n) is 3.74. The summed E-state index contributed by atoms with van der Waals surface area (Å²) in [5.74, 6) is -0.0260. The summed E-state index contributed by atoms with van der Waals surface area (Å²) < 4.78 is 5.88. The molecule has 0 radical (unpaired) electrons. The van der Waals surface area contributed by atoms with E-state index < -0.39 is 0 Å². The molecule has 7 heteroatoms. The molecule has 2 N–H and O–H groups in total. The highest BCUT2D eigenvalue weighted by Crippen LogP contribution is 2.36. The van der Waals surface area contributed by atoms with Gasteiger partial charge in [-0.05, 0) is 65.9 Å². The van der Waals surface area contributed by atoms with Gasteiger partial charge in [0.2, 0.25) is 0 Å². The number of halogens is 2. The van der Waals surface area contributed by atoms with Gasteiger partial charge in [0.25, 0.3) is 5.91 Å². The highest BCUT2D eigenvalue weighted by molar-refractivity contribution is 9.10. The Morgan fingerprint density at radius 1 is 1.11 bits per heavy atom. The average Bonchev–Trinajstić information content (AvgIpc) is 3.06. The summed E-state index contributed by atoms with van der Waals surface area (Å²) in [5.41, 5.74) is 1.60. The Labute approximate surface area is 172 Å². The Bertz CT molecular complexity index is 813. The molecule has 0 atom stereocenters. The maximum atomic E-state index is 12.5. The molecular formula is C20H23BrClN3O2. The van der Waals surface area contributed by atoms with Crippen LogP contribution in [-0.2, 0) is 0 Å². The standard InChI is InChI=1S/C20H23BrClN3O2/c21-18-8-7-17(27-18)20(26)24-16-6-2-5-15(22)19(16)25-11-9-14(10-12-25)23-13-3-1-4-13/h2,5-8,13-14,23H,1,3-4,9-12H2,(H,24,26). The lowest BCUT2D eigenvalue weighted by atomic mass is 9.91. The molecule has 2 fully saturated rings. The van der Waals surface area contributed by atoms with Gasteiger partial charge in [0, 0.05) is 25.2 Å². The van der Waals surface area contributed by atoms with E-state index in [1.165, 1.54) is 19.3 Å². The van der Waals surface area contributed by atoms with Gasteiger partial charge in [0.1, 0.15) is 0 Å². The zero-order valence-electron chi connectivity index (χ0n) is 15.0. The van der Waals surface area contributed by atoms with Crippen LogP contribution in [0.15, 0.2) is 39.4 Å². The smallest absolute Gasteiger partial charge is 0.291 e. The van der Waals surface area contributed by atoms with Crippen molar-refractivity contribution < 1.29 is 9.21 Å². The molecule has 1 aliphatic heterocycles. The van der Waals surface area contributed by atoms with Crippen molar-refractivity contribution in [3.8, 4) is 0 Å². The molecule has 0 spiro atoms. The Balaban J connectivity index is 1.45. The molecule has 5 nitrogen and oxygen atoms in total. The van der Waals surface area contributed by atoms with Crippen LogP contribution in [0.5, 0.6) is 0 Å². The van der Waals surface area contributed by atoms with E-state index in [0.717, 1.165) is 31.6 Å². The summed E-state index contributed by atoms with van der Waals surface area (Å²) in [4.78, 5) is 14.8. The third-order valence-electron chi connectivity index (χ3n) is 5.42. The molecule has 4 rings (SSSR count). The largest absolute Gasteiger partial charge is 0.444 e. The number of para-hydroxylation sites is 1. The second kappa shape index (κ2) is 8.25. The number of furan rings is 1. The molecule has 144 valence electrons. The van der Waals surface area contributed by atoms with Crippen LogP contribution in [0, 0.1) is 0 Å². The minimum Gasteiger partial charge on any atom is -0.444 e. The molecule has 1 aliphatic carbocycles. The van der Waals surface area contributed by atoms with E-state index in [1.54, 1.807) is 12.1 Å². The number of piperidine rings is 1. The van der Waals surface area contributed by atoms with Crippen molar-refractivity contribution in [2.24, 2.45) is 0 Å². The Morgan fingerprint density at radius 2 is 1.85 bits per heavy atom. The normalized spacial score (nSPS) is 18.4. The number of rotatable bonds is 5. The first kappa shape index (κ1) is 18.8. The summed E-state index contributed by atoms with van der Waals surface area (Å²) in [5, 5.41) is 7.36. The van der Waals surface area contributed by atoms with Gasteiger partial charge in [-0.2, -0.15) is 0 Å². The molecular weight excluding hydrogens is 430 g/mol. The predicted molar refractivity (Wildman–Crippen MR) is 112 cm³/mol. The quantitative estimate of drug-likeness (QED) is 0.666. The van der Waals surface area contributed by atoms with E-state index >= 15 is 0 Å². The van der Waals surface area contributed by atoms with Crippen LogP contribution in [0.3, 0.4) is 0 Å². The van der Waals surface area contributed by atoms with E-state index in [-0.39, 0.29) is 11.7 Å². The van der Waals surface area contributed by atoms with Gasteiger partial charge in [-0.1, -0.05) is 24.1 Å². The van der Waals surface area contributed by atoms with E-state index in [0.29, 0.717) is 27.5 Å². The first-order valence-corrected chi connectivity index (χ1v) is 10.6. The monoisotopic (exact) mass is 451 g/mol. The third-order valence-corrected chi connectivity index (χ3v) is 6.15. The SMILES string of the molecule is O=C(Nc1cccc(Cl)c1N1CCC(NC2CCC2)CC1)c1ccc(Br)o1. The van der Waals surface area contributed by atoms with Gasteiger partial charge < -0.3 is 20.0 Å². The fraction of sp³-hybridized carbons (Fsp3) is 0.450. The predicted octanol–water partition coefficient (Wildman–Crippen LogP) is 5.06. The van der Waals surface area contributed by atoms with E-state index in [9.17, 15) is 4.79 Å². The average molecular weight is 453 g/mol. The second-order valence-corrected chi connectivity index (χ2v) is 8.44. The zero-order valence-corrected chi connectivity index (χ0v) is 17.4. The van der Waals surface area contributed by atoms with Crippen molar-refractivity contribution in [1.82, 2.24) is 5.32 Å². The van der Waals surface area contributed by atoms with Gasteiger partial charge in [-0.15, -0.1) is 0 Å². The van der Waals surface area contributed by atoms with Crippen LogP contribution >= 0.6 is 27.5 Å². The molecule has 2 aromatic rings. The van der Waals surface area contributed by atoms with Crippen molar-refractivity contribution in [3.05, 3.63) is 45.8 Å². The molecule has 1 amide bonds. The molecule has 2 aliphatic rings. The van der Waals surface area contributed by atoms with Crippen LogP contribution in [0.4, 0.5) is 11.4 Å². The lowest BCUT2D eigenvalue weighted by molar-refractivity contribution is 0.0995. The number of anilines is 2. The summed E-state index contributed by atoms with van der Waals surface area (Å²) >= 11 is 9.73. The topological polar surface area (TPSA) is 57.5 Å². The number of carbonyl (C=O) groups excluding carboxylic acids is 1. The minimum absolute atomic E-state index is 0.260. The summed E-state index contributed by atoms with van der Waals surface area (Å²) in [6, 6.07) is 10.2. The molecule has 2 heterocycles. The van der Waals surface area contributed by atoms with Crippen LogP contribution in [-0.4, -0.2) is 31.1 Å². The lowest BCUT2D eigenvalue weighted by Crippen LogP contribution is -2.48. The van der Waals surface area contributed by atoms with Crippen molar-refractivity contribution >= 4 is 44.8 Å². The molecule has 1 saturated heterocycles. The summed E-state index contributed by atoms with van der Waals surface area (Å²) in [6.45, 7) is 1.84. The van der Waals surface area contributed by atoms with Crippen molar-refractivity contribution in [1.29, 1.82) is 0 Å². The first-order valence-electron chi connectivity index (χ1n) is 9.46. The number of carbonyl (C=O) groups is 1. The number of nitrogens with zero attached hydrogens (tertiary/aromatic N) is 1. The van der Waals surface area contributed by atoms with Crippen LogP contribution < -0.4 is 15.5 Å². The molecule has 27 heavy (non-hydrogen) atoms. The Morgan fingerprint density at radius 3 is 2.48 bits per heavy atom. The Kier molecular flexibility index (Phi) is 5.76. The molecule has 0 unspecified atom stereocenters. The maximum absolute atomic E-state index is 12.5. The molecule has 1 aromatic heterocycles. The first-order chi connectivity index (χ1) is 13.1. The highest BCUT2D eigenvalue weighted by Gasteiger charge is 2.27.